The van der Waals surface area contributed by atoms with E-state index in [2.05, 4.69) is 114 Å². The predicted octanol–water partition coefficient (Wildman–Crippen LogP) is 5.97. The Morgan fingerprint density at radius 3 is 2.50 bits per heavy atom. The number of allylic oxidation sites excluding steroid dienone is 3. The largest absolute Gasteiger partial charge is 0.369 e. The van der Waals surface area contributed by atoms with Gasteiger partial charge < -0.3 is 9.91 Å². The summed E-state index contributed by atoms with van der Waals surface area (Å²) < 4.78 is 0. The first-order chi connectivity index (χ1) is 17.5. The number of nitrogens with one attached hydrogen (secondary N) is 1. The summed E-state index contributed by atoms with van der Waals surface area (Å²) >= 11 is 0. The Bertz CT molecular complexity index is 1090. The third-order valence-electron chi connectivity index (χ3n) is 7.59. The van der Waals surface area contributed by atoms with Crippen LogP contribution in [0.15, 0.2) is 91.3 Å². The van der Waals surface area contributed by atoms with Crippen LogP contribution in [0.1, 0.15) is 41.6 Å². The standard InChI is InChI=1S/C32H42N4/c1-6-30-26(3)11-10-14-31(30)32(27(4)36(33-5)20-19-28-12-8-7-9-13-28)35-23-21-34(22-24-35)29-17-15-25(2)16-18-29/h6-15,17-18,25,32-33H,1,4,16,19-24H2,2-3,5H3. The Hall–Kier alpha value is -3.08. The highest BCUT2D eigenvalue weighted by molar-refractivity contribution is 5.58. The summed E-state index contributed by atoms with van der Waals surface area (Å²) in [7, 11) is 2.00. The van der Waals surface area contributed by atoms with Gasteiger partial charge in [0.25, 0.3) is 0 Å². The van der Waals surface area contributed by atoms with Crippen LogP contribution in [0.3, 0.4) is 0 Å². The highest BCUT2D eigenvalue weighted by Gasteiger charge is 2.31. The minimum atomic E-state index is 0.0826. The van der Waals surface area contributed by atoms with E-state index in [-0.39, 0.29) is 6.04 Å². The van der Waals surface area contributed by atoms with Crippen molar-refractivity contribution in [3.05, 3.63) is 114 Å². The van der Waals surface area contributed by atoms with Gasteiger partial charge in [0.05, 0.1) is 6.04 Å². The highest BCUT2D eigenvalue weighted by atomic mass is 15.5. The molecule has 0 bridgehead atoms. The lowest BCUT2D eigenvalue weighted by Gasteiger charge is -2.44. The van der Waals surface area contributed by atoms with Crippen LogP contribution in [0.4, 0.5) is 0 Å². The molecule has 2 atom stereocenters. The third kappa shape index (κ3) is 6.00. The van der Waals surface area contributed by atoms with Crippen LogP contribution < -0.4 is 5.43 Å². The van der Waals surface area contributed by atoms with Crippen LogP contribution in [0.5, 0.6) is 0 Å². The molecule has 1 aliphatic carbocycles. The van der Waals surface area contributed by atoms with Crippen molar-refractivity contribution in [1.29, 1.82) is 0 Å². The molecular weight excluding hydrogens is 440 g/mol. The monoisotopic (exact) mass is 482 g/mol. The Balaban J connectivity index is 1.56. The molecule has 0 amide bonds. The van der Waals surface area contributed by atoms with Crippen LogP contribution in [0, 0.1) is 12.8 Å². The molecule has 1 saturated heterocycles. The van der Waals surface area contributed by atoms with E-state index in [4.69, 9.17) is 0 Å². The van der Waals surface area contributed by atoms with Crippen molar-refractivity contribution in [3.8, 4) is 0 Å². The van der Waals surface area contributed by atoms with Crippen LogP contribution >= 0.6 is 0 Å². The second kappa shape index (κ2) is 12.2. The van der Waals surface area contributed by atoms with Gasteiger partial charge in [-0.05, 0) is 54.0 Å². The zero-order valence-electron chi connectivity index (χ0n) is 22.3. The average Bonchev–Trinajstić information content (AvgIpc) is 2.91. The maximum Gasteiger partial charge on any atom is 0.0768 e. The van der Waals surface area contributed by atoms with E-state index in [1.807, 2.05) is 13.1 Å². The van der Waals surface area contributed by atoms with E-state index < -0.39 is 0 Å². The number of hydrogen-bond acceptors (Lipinski definition) is 4. The van der Waals surface area contributed by atoms with Crippen molar-refractivity contribution in [2.75, 3.05) is 39.8 Å². The van der Waals surface area contributed by atoms with Crippen molar-refractivity contribution in [1.82, 2.24) is 20.2 Å². The molecule has 0 aromatic heterocycles. The fourth-order valence-corrected chi connectivity index (χ4v) is 5.43. The second-order valence-corrected chi connectivity index (χ2v) is 10.0. The lowest BCUT2D eigenvalue weighted by molar-refractivity contribution is 0.107. The predicted molar refractivity (Wildman–Crippen MR) is 153 cm³/mol. The molecule has 4 nitrogen and oxygen atoms in total. The quantitative estimate of drug-likeness (QED) is 0.421. The van der Waals surface area contributed by atoms with Gasteiger partial charge in [-0.15, -0.1) is 0 Å². The van der Waals surface area contributed by atoms with Crippen molar-refractivity contribution < 1.29 is 0 Å². The number of hydrazine groups is 1. The molecule has 2 aromatic carbocycles. The molecule has 1 N–H and O–H groups in total. The summed E-state index contributed by atoms with van der Waals surface area (Å²) in [5.41, 5.74) is 11.0. The van der Waals surface area contributed by atoms with Gasteiger partial charge in [-0.1, -0.05) is 86.8 Å². The van der Waals surface area contributed by atoms with Gasteiger partial charge in [0.2, 0.25) is 0 Å². The molecule has 0 saturated carbocycles. The summed E-state index contributed by atoms with van der Waals surface area (Å²) in [6.45, 7) is 18.2. The van der Waals surface area contributed by atoms with Gasteiger partial charge in [0.15, 0.2) is 0 Å². The van der Waals surface area contributed by atoms with Crippen LogP contribution in [-0.2, 0) is 6.42 Å². The fourth-order valence-electron chi connectivity index (χ4n) is 5.43. The van der Waals surface area contributed by atoms with Crippen molar-refractivity contribution >= 4 is 6.08 Å². The van der Waals surface area contributed by atoms with E-state index in [9.17, 15) is 0 Å². The van der Waals surface area contributed by atoms with Gasteiger partial charge in [0.1, 0.15) is 0 Å². The topological polar surface area (TPSA) is 21.8 Å². The van der Waals surface area contributed by atoms with E-state index in [1.54, 1.807) is 0 Å². The molecule has 4 heteroatoms. The zero-order chi connectivity index (χ0) is 25.5. The lowest BCUT2D eigenvalue weighted by atomic mass is 9.92. The molecule has 2 aromatic rings. The number of piperazine rings is 1. The third-order valence-corrected chi connectivity index (χ3v) is 7.59. The van der Waals surface area contributed by atoms with Gasteiger partial charge >= 0.3 is 0 Å². The average molecular weight is 483 g/mol. The van der Waals surface area contributed by atoms with Gasteiger partial charge in [0, 0.05) is 51.2 Å². The summed E-state index contributed by atoms with van der Waals surface area (Å²) in [6.07, 6.45) is 11.2. The SMILES string of the molecule is C=Cc1c(C)cccc1C(C(=C)N(CCc1ccccc1)NC)N1CCN(C2=CCC(C)C=C2)CC1. The molecular formula is C32H42N4. The zero-order valence-corrected chi connectivity index (χ0v) is 22.3. The summed E-state index contributed by atoms with van der Waals surface area (Å²) in [4.78, 5) is 5.14. The minimum Gasteiger partial charge on any atom is -0.369 e. The minimum absolute atomic E-state index is 0.0826. The first kappa shape index (κ1) is 26.0. The van der Waals surface area contributed by atoms with Crippen LogP contribution in [0.2, 0.25) is 0 Å². The van der Waals surface area contributed by atoms with Crippen molar-refractivity contribution in [3.63, 3.8) is 0 Å². The number of rotatable bonds is 10. The summed E-state index contributed by atoms with van der Waals surface area (Å²) in [5, 5.41) is 2.23. The van der Waals surface area contributed by atoms with E-state index in [0.29, 0.717) is 5.92 Å². The summed E-state index contributed by atoms with van der Waals surface area (Å²) in [6, 6.07) is 17.4. The second-order valence-electron chi connectivity index (χ2n) is 10.0. The first-order valence-electron chi connectivity index (χ1n) is 13.3. The Labute approximate surface area is 218 Å². The van der Waals surface area contributed by atoms with Gasteiger partial charge in [-0.3, -0.25) is 4.90 Å². The number of nitrogens with zero attached hydrogens (tertiary/aromatic N) is 3. The van der Waals surface area contributed by atoms with Gasteiger partial charge in [-0.2, -0.15) is 0 Å². The maximum absolute atomic E-state index is 4.66. The van der Waals surface area contributed by atoms with Crippen molar-refractivity contribution in [2.24, 2.45) is 5.92 Å². The highest BCUT2D eigenvalue weighted by Crippen LogP contribution is 2.35. The smallest absolute Gasteiger partial charge is 0.0768 e. The number of hydrogen-bond donors (Lipinski definition) is 1. The number of benzene rings is 2. The Morgan fingerprint density at radius 1 is 1.11 bits per heavy atom. The molecule has 2 unspecified atom stereocenters. The summed E-state index contributed by atoms with van der Waals surface area (Å²) in [5.74, 6) is 0.643. The van der Waals surface area contributed by atoms with Gasteiger partial charge in [-0.25, -0.2) is 5.43 Å². The van der Waals surface area contributed by atoms with E-state index in [1.165, 1.54) is 28.0 Å². The molecule has 2 aliphatic rings. The molecule has 0 radical (unpaired) electrons. The normalized spacial score (nSPS) is 19.0. The Morgan fingerprint density at radius 2 is 1.86 bits per heavy atom. The lowest BCUT2D eigenvalue weighted by Crippen LogP contribution is -2.50. The van der Waals surface area contributed by atoms with Crippen LogP contribution in [-0.4, -0.2) is 54.6 Å². The fraction of sp³-hybridized carbons (Fsp3) is 0.375. The van der Waals surface area contributed by atoms with E-state index in [0.717, 1.165) is 51.3 Å². The maximum atomic E-state index is 4.66. The molecule has 4 rings (SSSR count). The van der Waals surface area contributed by atoms with Crippen LogP contribution in [0.25, 0.3) is 6.08 Å². The molecule has 190 valence electrons. The Kier molecular flexibility index (Phi) is 8.84. The molecule has 1 heterocycles. The molecule has 1 aliphatic heterocycles. The van der Waals surface area contributed by atoms with Crippen molar-refractivity contribution in [2.45, 2.75) is 32.7 Å². The van der Waals surface area contributed by atoms with E-state index >= 15 is 0 Å². The first-order valence-corrected chi connectivity index (χ1v) is 13.3. The molecule has 1 fully saturated rings. The molecule has 36 heavy (non-hydrogen) atoms. The number of aryl methyl sites for hydroxylation is 1. The molecule has 0 spiro atoms.